The van der Waals surface area contributed by atoms with Gasteiger partial charge in [-0.1, -0.05) is 129 Å². The maximum Gasteiger partial charge on any atom is 0.326 e. The van der Waals surface area contributed by atoms with Crippen molar-refractivity contribution in [2.75, 3.05) is 51.0 Å². The van der Waals surface area contributed by atoms with Crippen LogP contribution in [0.25, 0.3) is 0 Å². The molecule has 22 heteroatoms. The lowest BCUT2D eigenvalue weighted by atomic mass is 10.0. The highest BCUT2D eigenvalue weighted by atomic mass is 33.1. The molecule has 0 saturated carbocycles. The molecule has 0 heterocycles. The van der Waals surface area contributed by atoms with Crippen LogP contribution in [0.1, 0.15) is 129 Å². The first-order valence-corrected chi connectivity index (χ1v) is 26.8. The second-order valence-corrected chi connectivity index (χ2v) is 19.5. The smallest absolute Gasteiger partial charge is 0.326 e. The standard InChI is InChI=1S/C48H79N7O13S2/c1-35(47(64)54-37(31-56)33-69-70-34-38(49)41(57)30-52-40(46(50)63)29-36-19-15-14-16-20-36)53-44(60)32-68-28-27-67-26-25-51-42(58)24-23-39(48(65)66)55-43(59)21-17-12-10-8-6-4-2-3-5-7-9-11-13-18-22-45(61)62/h14-16,19-20,31,35,37-40,52H,2-13,17-18,21-30,32-34,49H2,1H3,(H2,50,63)(H,51,58)(H,53,60)(H,54,64)(H,55,59)(H,61,62)(H,65,66)/t35-,37+,38-,39-,40-/m0/s1/i31D/hT. The number of aldehydes is 1. The van der Waals surface area contributed by atoms with Gasteiger partial charge >= 0.3 is 11.9 Å². The van der Waals surface area contributed by atoms with Crippen LogP contribution in [0.2, 0.25) is 1.41 Å². The number of unbranched alkanes of at least 4 members (excludes halogenated alkanes) is 13. The minimum absolute atomic E-state index is 0.00962. The summed E-state index contributed by atoms with van der Waals surface area (Å²) in [6, 6.07) is 3.90. The van der Waals surface area contributed by atoms with Gasteiger partial charge in [-0.3, -0.25) is 38.9 Å². The Labute approximate surface area is 423 Å². The summed E-state index contributed by atoms with van der Waals surface area (Å²) in [7, 11) is 2.23. The van der Waals surface area contributed by atoms with E-state index in [4.69, 9.17) is 23.1 Å². The fourth-order valence-corrected chi connectivity index (χ4v) is 8.96. The van der Waals surface area contributed by atoms with Gasteiger partial charge in [0.05, 0.1) is 44.5 Å². The van der Waals surface area contributed by atoms with E-state index in [0.717, 1.165) is 78.5 Å². The van der Waals surface area contributed by atoms with Crippen molar-refractivity contribution in [3.63, 3.8) is 0 Å². The Morgan fingerprint density at radius 3 is 1.89 bits per heavy atom. The molecule has 0 fully saturated rings. The summed E-state index contributed by atoms with van der Waals surface area (Å²) in [5.74, 6) is -5.03. The van der Waals surface area contributed by atoms with E-state index in [-0.39, 0.29) is 82.4 Å². The highest BCUT2D eigenvalue weighted by Crippen LogP contribution is 2.22. The predicted molar refractivity (Wildman–Crippen MR) is 270 cm³/mol. The SMILES string of the molecule is [2H]C(=O)[C@H](CSSC[C@H](N[3H])C(=O)CN[C@@H](Cc1ccccc1)C(N)=O)NC(=O)[C@H](C)NC(=O)COCCOCCNC(=O)CC[C@H](NC(=O)CCCCCCCCCCCCCCCCC(=O)O)C(=O)O. The Balaban J connectivity index is 2.16. The molecule has 5 amide bonds. The Morgan fingerprint density at radius 1 is 0.729 bits per heavy atom. The number of carbonyl (C=O) groups is 9. The van der Waals surface area contributed by atoms with Gasteiger partial charge in [0.25, 0.3) is 0 Å². The summed E-state index contributed by atoms with van der Waals surface area (Å²) in [5.41, 5.74) is 8.53. The zero-order valence-corrected chi connectivity index (χ0v) is 42.3. The van der Waals surface area contributed by atoms with Crippen molar-refractivity contribution in [3.8, 4) is 0 Å². The number of carboxylic acids is 2. The first kappa shape index (κ1) is 59.7. The van der Waals surface area contributed by atoms with Gasteiger partial charge in [-0.05, 0) is 38.2 Å². The fraction of sp³-hybridized carbons (Fsp3) is 0.688. The van der Waals surface area contributed by atoms with Crippen LogP contribution in [0.3, 0.4) is 0 Å². The molecule has 11 N–H and O–H groups in total. The lowest BCUT2D eigenvalue weighted by molar-refractivity contribution is -0.142. The Kier molecular flexibility index (Phi) is 35.0. The van der Waals surface area contributed by atoms with E-state index in [9.17, 15) is 48.3 Å². The monoisotopic (exact) mass is 1030 g/mol. The van der Waals surface area contributed by atoms with E-state index in [0.29, 0.717) is 6.42 Å². The molecule has 1 aromatic rings. The summed E-state index contributed by atoms with van der Waals surface area (Å²) in [4.78, 5) is 109. The van der Waals surface area contributed by atoms with Crippen molar-refractivity contribution in [2.24, 2.45) is 11.5 Å². The van der Waals surface area contributed by atoms with Crippen molar-refractivity contribution in [1.29, 1.82) is 0 Å². The van der Waals surface area contributed by atoms with Crippen LogP contribution in [0.4, 0.5) is 0 Å². The minimum atomic E-state index is -1.23. The maximum absolute atomic E-state index is 12.8. The van der Waals surface area contributed by atoms with Gasteiger partial charge in [-0.2, -0.15) is 0 Å². The number of carbonyl (C=O) groups excluding carboxylic acids is 7. The highest BCUT2D eigenvalue weighted by molar-refractivity contribution is 8.76. The molecule has 5 atom stereocenters. The summed E-state index contributed by atoms with van der Waals surface area (Å²) < 4.78 is 25.8. The quantitative estimate of drug-likeness (QED) is 0.0257. The molecular weight excluding hydrogens is 947 g/mol. The fourth-order valence-electron chi connectivity index (χ4n) is 6.76. The van der Waals surface area contributed by atoms with E-state index in [1.807, 2.05) is 30.3 Å². The van der Waals surface area contributed by atoms with Crippen LogP contribution in [-0.2, 0) is 59.0 Å². The van der Waals surface area contributed by atoms with Crippen LogP contribution in [0.5, 0.6) is 0 Å². The number of rotatable bonds is 47. The topological polar surface area (TPSA) is 325 Å². The number of aliphatic carboxylic acids is 2. The average Bonchev–Trinajstić information content (AvgIpc) is 3.34. The number of hydrogen-bond acceptors (Lipinski definition) is 15. The molecule has 0 unspecified atom stereocenters. The van der Waals surface area contributed by atoms with Gasteiger partial charge in [-0.15, -0.1) is 0 Å². The molecule has 0 aliphatic heterocycles. The first-order valence-electron chi connectivity index (χ1n) is 25.3. The number of primary amides is 1. The molecule has 20 nitrogen and oxygen atoms in total. The minimum Gasteiger partial charge on any atom is -0.481 e. The lowest BCUT2D eigenvalue weighted by Gasteiger charge is -2.18. The molecule has 0 spiro atoms. The van der Waals surface area contributed by atoms with Crippen LogP contribution in [0.15, 0.2) is 30.3 Å². The van der Waals surface area contributed by atoms with E-state index >= 15 is 0 Å². The molecule has 0 aromatic heterocycles. The Bertz CT molecular complexity index is 1780. The Hall–Kier alpha value is -4.61. The molecule has 0 saturated heterocycles. The van der Waals surface area contributed by atoms with Crippen molar-refractivity contribution in [2.45, 2.75) is 159 Å². The lowest BCUT2D eigenvalue weighted by Crippen LogP contribution is -2.50. The average molecular weight is 1030 g/mol. The van der Waals surface area contributed by atoms with Gasteiger partial charge in [0, 0.05) is 37.3 Å². The number of ketones is 1. The van der Waals surface area contributed by atoms with Gasteiger partial charge < -0.3 is 57.2 Å². The second kappa shape index (κ2) is 41.1. The van der Waals surface area contributed by atoms with Crippen molar-refractivity contribution in [1.82, 2.24) is 26.6 Å². The number of Topliss-reactive ketones (excluding diaryl/α,β-unsaturated/α-hetero) is 1. The van der Waals surface area contributed by atoms with Crippen molar-refractivity contribution < 1.29 is 65.6 Å². The molecule has 0 aliphatic carbocycles. The molecule has 1 aromatic carbocycles. The summed E-state index contributed by atoms with van der Waals surface area (Å²) in [6.07, 6.45) is 14.3. The van der Waals surface area contributed by atoms with Gasteiger partial charge in [0.2, 0.25) is 29.5 Å². The number of ether oxygens (including phenoxy) is 2. The summed E-state index contributed by atoms with van der Waals surface area (Å²) >= 11 is 0. The zero-order valence-electron chi connectivity index (χ0n) is 42.6. The number of amides is 5. The van der Waals surface area contributed by atoms with Crippen LogP contribution in [-0.4, -0.2) is 145 Å². The van der Waals surface area contributed by atoms with E-state index < -0.39 is 84.4 Å². The van der Waals surface area contributed by atoms with Crippen LogP contribution in [0, 0.1) is 0 Å². The molecule has 0 bridgehead atoms. The van der Waals surface area contributed by atoms with E-state index in [1.54, 1.807) is 0 Å². The van der Waals surface area contributed by atoms with Gasteiger partial charge in [0.1, 0.15) is 27.7 Å². The van der Waals surface area contributed by atoms with E-state index in [1.165, 1.54) is 39.0 Å². The zero-order chi connectivity index (χ0) is 53.4. The molecule has 1 rings (SSSR count). The third-order valence-electron chi connectivity index (χ3n) is 10.8. The maximum atomic E-state index is 12.8. The molecule has 0 aliphatic rings. The van der Waals surface area contributed by atoms with Crippen LogP contribution < -0.4 is 38.0 Å². The van der Waals surface area contributed by atoms with E-state index in [2.05, 4.69) is 32.3 Å². The van der Waals surface area contributed by atoms with Gasteiger partial charge in [0.15, 0.2) is 5.78 Å². The van der Waals surface area contributed by atoms with Gasteiger partial charge in [-0.25, -0.2) is 4.79 Å². The summed E-state index contributed by atoms with van der Waals surface area (Å²) in [6.45, 7) is 1.07. The summed E-state index contributed by atoms with van der Waals surface area (Å²) in [5, 5.41) is 31.1. The molecule has 70 heavy (non-hydrogen) atoms. The third kappa shape index (κ3) is 34.6. The van der Waals surface area contributed by atoms with Crippen LogP contribution >= 0.6 is 21.6 Å². The number of hydrogen-bond donors (Lipinski definition) is 9. The highest BCUT2D eigenvalue weighted by Gasteiger charge is 2.23. The van der Waals surface area contributed by atoms with Crippen molar-refractivity contribution >= 4 is 75.1 Å². The van der Waals surface area contributed by atoms with Crippen molar-refractivity contribution in [3.05, 3.63) is 35.9 Å². The number of carboxylic acid groups (broad SMARTS) is 2. The molecule has 0 radical (unpaired) electrons. The first-order chi connectivity index (χ1) is 34.5. The second-order valence-electron chi connectivity index (χ2n) is 16.9. The third-order valence-corrected chi connectivity index (χ3v) is 13.3. The predicted octanol–water partition coefficient (Wildman–Crippen LogP) is 2.96. The number of nitrogens with one attached hydrogen (secondary N) is 5. The number of nitrogens with two attached hydrogens (primary N) is 2. The molecule has 396 valence electrons. The largest absolute Gasteiger partial charge is 0.481 e. The number of benzene rings is 1. The Morgan fingerprint density at radius 2 is 1.31 bits per heavy atom. The molecular formula is C48H79N7O13S2. The normalized spacial score (nSPS) is 13.6.